The van der Waals surface area contributed by atoms with Crippen molar-refractivity contribution in [2.75, 3.05) is 4.90 Å². The Labute approximate surface area is 346 Å². The molecule has 0 saturated carbocycles. The predicted molar refractivity (Wildman–Crippen MR) is 245 cm³/mol. The molecule has 59 heavy (non-hydrogen) atoms. The quantitative estimate of drug-likeness (QED) is 0.178. The fourth-order valence-electron chi connectivity index (χ4n) is 11.2. The van der Waals surface area contributed by atoms with E-state index in [0.717, 1.165) is 45.4 Å². The van der Waals surface area contributed by atoms with E-state index in [1.54, 1.807) is 0 Å². The largest absolute Gasteiger partial charge is 0.456 e. The molecule has 12 rings (SSSR count). The van der Waals surface area contributed by atoms with Crippen LogP contribution in [0.25, 0.3) is 55.3 Å². The predicted octanol–water partition coefficient (Wildman–Crippen LogP) is 15.4. The molecule has 1 heterocycles. The normalized spacial score (nSPS) is 16.1. The van der Waals surface area contributed by atoms with Crippen molar-refractivity contribution < 1.29 is 4.42 Å². The number of para-hydroxylation sites is 2. The van der Waals surface area contributed by atoms with Crippen molar-refractivity contribution in [2.24, 2.45) is 0 Å². The zero-order valence-corrected chi connectivity index (χ0v) is 34.0. The van der Waals surface area contributed by atoms with Gasteiger partial charge in [-0.05, 0) is 133 Å². The summed E-state index contributed by atoms with van der Waals surface area (Å²) in [5.74, 6) is 0. The monoisotopic (exact) mass is 759 g/mol. The van der Waals surface area contributed by atoms with Crippen LogP contribution in [0.5, 0.6) is 0 Å². The van der Waals surface area contributed by atoms with E-state index in [1.165, 1.54) is 73.2 Å². The lowest BCUT2D eigenvalue weighted by atomic mass is 9.63. The van der Waals surface area contributed by atoms with Gasteiger partial charge in [-0.15, -0.1) is 0 Å². The maximum atomic E-state index is 6.39. The van der Waals surface area contributed by atoms with Crippen molar-refractivity contribution in [3.05, 3.63) is 209 Å². The summed E-state index contributed by atoms with van der Waals surface area (Å²) >= 11 is 0. The minimum Gasteiger partial charge on any atom is -0.456 e. The van der Waals surface area contributed by atoms with Gasteiger partial charge < -0.3 is 9.32 Å². The van der Waals surface area contributed by atoms with Gasteiger partial charge in [0, 0.05) is 27.7 Å². The zero-order chi connectivity index (χ0) is 39.7. The summed E-state index contributed by atoms with van der Waals surface area (Å²) in [5.41, 5.74) is 20.9. The van der Waals surface area contributed by atoms with E-state index < -0.39 is 5.41 Å². The molecular formula is C57H45NO. The molecule has 0 N–H and O–H groups in total. The van der Waals surface area contributed by atoms with Gasteiger partial charge in [0.1, 0.15) is 11.2 Å². The minimum atomic E-state index is -0.471. The second kappa shape index (κ2) is 12.2. The van der Waals surface area contributed by atoms with E-state index in [4.69, 9.17) is 4.42 Å². The molecule has 2 heteroatoms. The molecule has 0 unspecified atom stereocenters. The lowest BCUT2D eigenvalue weighted by molar-refractivity contribution is 0.332. The van der Waals surface area contributed by atoms with Gasteiger partial charge in [-0.1, -0.05) is 155 Å². The fraction of sp³-hybridized carbons (Fsp3) is 0.158. The van der Waals surface area contributed by atoms with Crippen molar-refractivity contribution >= 4 is 39.0 Å². The average molecular weight is 760 g/mol. The van der Waals surface area contributed by atoms with Crippen molar-refractivity contribution in [1.82, 2.24) is 0 Å². The van der Waals surface area contributed by atoms with E-state index >= 15 is 0 Å². The lowest BCUT2D eigenvalue weighted by Crippen LogP contribution is -2.33. The average Bonchev–Trinajstić information content (AvgIpc) is 3.89. The Balaban J connectivity index is 1.21. The van der Waals surface area contributed by atoms with Crippen LogP contribution in [-0.4, -0.2) is 0 Å². The second-order valence-electron chi connectivity index (χ2n) is 18.3. The molecule has 3 aliphatic carbocycles. The maximum Gasteiger partial charge on any atom is 0.135 e. The standard InChI is InChI=1S/C57H45NO/c1-55(2)30-31-56(3,4)51-32-36(26-28-49(51)55)43-34-44-41-20-10-14-24-48(41)57(46-22-12-8-18-39(46)40-19-9-13-23-47(40)57)50(44)35-52(43)58(37-16-6-5-7-17-37)38-27-29-54-45(33-38)42-21-11-15-25-53(42)59-54/h5-29,32-35H,30-31H2,1-4H3. The Hall–Kier alpha value is -6.64. The van der Waals surface area contributed by atoms with Crippen LogP contribution < -0.4 is 4.90 Å². The van der Waals surface area contributed by atoms with Crippen molar-refractivity contribution in [3.63, 3.8) is 0 Å². The number of nitrogens with zero attached hydrogens (tertiary/aromatic N) is 1. The third kappa shape index (κ3) is 4.75. The minimum absolute atomic E-state index is 0.0676. The highest BCUT2D eigenvalue weighted by atomic mass is 16.3. The highest BCUT2D eigenvalue weighted by molar-refractivity contribution is 6.07. The molecule has 1 spiro atoms. The Morgan fingerprint density at radius 2 is 0.966 bits per heavy atom. The molecule has 0 amide bonds. The maximum absolute atomic E-state index is 6.39. The van der Waals surface area contributed by atoms with E-state index in [0.29, 0.717) is 0 Å². The SMILES string of the molecule is CC1(C)CCC(C)(C)c2cc(-c3cc4c(cc3N(c3ccccc3)c3ccc5oc6ccccc6c5c3)C3(c5ccccc5-c5ccccc53)c3ccccc3-4)ccc21. The third-order valence-electron chi connectivity index (χ3n) is 14.2. The van der Waals surface area contributed by atoms with Crippen LogP contribution in [0.15, 0.2) is 180 Å². The van der Waals surface area contributed by atoms with Crippen LogP contribution >= 0.6 is 0 Å². The molecule has 8 aromatic carbocycles. The number of anilines is 3. The first-order valence-corrected chi connectivity index (χ1v) is 21.1. The van der Waals surface area contributed by atoms with Crippen LogP contribution in [0.1, 0.15) is 73.9 Å². The van der Waals surface area contributed by atoms with Crippen LogP contribution in [-0.2, 0) is 16.2 Å². The first-order chi connectivity index (χ1) is 28.7. The molecular weight excluding hydrogens is 715 g/mol. The van der Waals surface area contributed by atoms with Crippen molar-refractivity contribution in [1.29, 1.82) is 0 Å². The lowest BCUT2D eigenvalue weighted by Gasteiger charge is -2.42. The highest BCUT2D eigenvalue weighted by Crippen LogP contribution is 2.64. The summed E-state index contributed by atoms with van der Waals surface area (Å²) in [4.78, 5) is 2.49. The first kappa shape index (κ1) is 34.4. The van der Waals surface area contributed by atoms with E-state index in [9.17, 15) is 0 Å². The summed E-state index contributed by atoms with van der Waals surface area (Å²) in [6, 6.07) is 65.9. The van der Waals surface area contributed by atoms with E-state index in [-0.39, 0.29) is 10.8 Å². The molecule has 9 aromatic rings. The second-order valence-corrected chi connectivity index (χ2v) is 18.3. The Morgan fingerprint density at radius 3 is 1.66 bits per heavy atom. The summed E-state index contributed by atoms with van der Waals surface area (Å²) in [5, 5.41) is 2.24. The summed E-state index contributed by atoms with van der Waals surface area (Å²) in [6.45, 7) is 9.71. The smallest absolute Gasteiger partial charge is 0.135 e. The van der Waals surface area contributed by atoms with Gasteiger partial charge >= 0.3 is 0 Å². The van der Waals surface area contributed by atoms with Crippen molar-refractivity contribution in [2.45, 2.75) is 56.8 Å². The van der Waals surface area contributed by atoms with Gasteiger partial charge in [-0.25, -0.2) is 0 Å². The molecule has 284 valence electrons. The van der Waals surface area contributed by atoms with Gasteiger partial charge in [0.05, 0.1) is 11.1 Å². The number of furan rings is 1. The van der Waals surface area contributed by atoms with Crippen LogP contribution in [0.3, 0.4) is 0 Å². The molecule has 1 aromatic heterocycles. The van der Waals surface area contributed by atoms with E-state index in [1.807, 2.05) is 6.07 Å². The molecule has 0 atom stereocenters. The highest BCUT2D eigenvalue weighted by Gasteiger charge is 2.52. The summed E-state index contributed by atoms with van der Waals surface area (Å²) in [6.07, 6.45) is 2.35. The Morgan fingerprint density at radius 1 is 0.390 bits per heavy atom. The van der Waals surface area contributed by atoms with Gasteiger partial charge in [-0.2, -0.15) is 0 Å². The fourth-order valence-corrected chi connectivity index (χ4v) is 11.2. The number of rotatable bonds is 4. The van der Waals surface area contributed by atoms with Crippen LogP contribution in [0.4, 0.5) is 17.1 Å². The molecule has 3 aliphatic rings. The number of hydrogen-bond donors (Lipinski definition) is 0. The number of benzene rings is 8. The topological polar surface area (TPSA) is 16.4 Å². The number of fused-ring (bicyclic) bond motifs is 14. The molecule has 2 nitrogen and oxygen atoms in total. The molecule has 0 fully saturated rings. The zero-order valence-electron chi connectivity index (χ0n) is 34.0. The van der Waals surface area contributed by atoms with Gasteiger partial charge in [0.15, 0.2) is 0 Å². The number of hydrogen-bond acceptors (Lipinski definition) is 2. The molecule has 0 aliphatic heterocycles. The Bertz CT molecular complexity index is 3130. The third-order valence-corrected chi connectivity index (χ3v) is 14.2. The van der Waals surface area contributed by atoms with Gasteiger partial charge in [0.2, 0.25) is 0 Å². The van der Waals surface area contributed by atoms with Crippen LogP contribution in [0, 0.1) is 0 Å². The Kier molecular flexibility index (Phi) is 7.11. The van der Waals surface area contributed by atoms with Crippen molar-refractivity contribution in [3.8, 4) is 33.4 Å². The van der Waals surface area contributed by atoms with Gasteiger partial charge in [0.25, 0.3) is 0 Å². The summed E-state index contributed by atoms with van der Waals surface area (Å²) < 4.78 is 6.39. The molecule has 0 saturated heterocycles. The molecule has 0 bridgehead atoms. The van der Waals surface area contributed by atoms with Crippen LogP contribution in [0.2, 0.25) is 0 Å². The van der Waals surface area contributed by atoms with Gasteiger partial charge in [-0.3, -0.25) is 0 Å². The molecule has 0 radical (unpaired) electrons. The summed E-state index contributed by atoms with van der Waals surface area (Å²) in [7, 11) is 0. The first-order valence-electron chi connectivity index (χ1n) is 21.1. The van der Waals surface area contributed by atoms with E-state index in [2.05, 4.69) is 202 Å².